The average molecular weight is 357 g/mol. The summed E-state index contributed by atoms with van der Waals surface area (Å²) in [5, 5.41) is 21.7. The molecule has 8 heteroatoms. The molecule has 3 aromatic rings. The van der Waals surface area contributed by atoms with E-state index in [9.17, 15) is 14.7 Å². The lowest BCUT2D eigenvalue weighted by molar-refractivity contribution is -0.144. The van der Waals surface area contributed by atoms with Crippen LogP contribution in [0, 0.1) is 6.92 Å². The summed E-state index contributed by atoms with van der Waals surface area (Å²) in [5.41, 5.74) is 1.89. The minimum absolute atomic E-state index is 0.321. The zero-order valence-electron chi connectivity index (χ0n) is 13.3. The van der Waals surface area contributed by atoms with Gasteiger partial charge in [0.2, 0.25) is 0 Å². The number of carboxylic acids is 2. The Morgan fingerprint density at radius 1 is 1.20 bits per heavy atom. The first-order chi connectivity index (χ1) is 12.0. The van der Waals surface area contributed by atoms with E-state index in [1.165, 1.54) is 17.7 Å². The Labute approximate surface area is 147 Å². The van der Waals surface area contributed by atoms with Gasteiger partial charge in [-0.3, -0.25) is 4.79 Å². The maximum absolute atomic E-state index is 11.4. The van der Waals surface area contributed by atoms with E-state index in [0.717, 1.165) is 16.0 Å². The minimum Gasteiger partial charge on any atom is -0.481 e. The molecular weight excluding hydrogens is 342 g/mol. The van der Waals surface area contributed by atoms with Gasteiger partial charge in [0.05, 0.1) is 11.8 Å². The Morgan fingerprint density at radius 3 is 2.56 bits per heavy atom. The van der Waals surface area contributed by atoms with Crippen molar-refractivity contribution in [3.63, 3.8) is 0 Å². The number of benzene rings is 1. The van der Waals surface area contributed by atoms with E-state index >= 15 is 0 Å². The first-order valence-electron chi connectivity index (χ1n) is 7.48. The molecule has 0 aliphatic carbocycles. The van der Waals surface area contributed by atoms with Crippen LogP contribution in [-0.4, -0.2) is 38.2 Å². The fourth-order valence-electron chi connectivity index (χ4n) is 2.65. The summed E-state index contributed by atoms with van der Waals surface area (Å²) >= 11 is 1.48. The van der Waals surface area contributed by atoms with Crippen molar-refractivity contribution in [2.75, 3.05) is 5.32 Å². The van der Waals surface area contributed by atoms with E-state index < -0.39 is 24.4 Å². The highest BCUT2D eigenvalue weighted by molar-refractivity contribution is 7.19. The Balaban J connectivity index is 2.13. The summed E-state index contributed by atoms with van der Waals surface area (Å²) in [6.07, 6.45) is 0.791. The quantitative estimate of drug-likeness (QED) is 0.621. The molecule has 0 saturated heterocycles. The number of rotatable bonds is 6. The standard InChI is InChI=1S/C17H15N3O4S/c1-9-13(10-5-3-2-4-6-10)14-15(18-8-19-16(14)25-9)20-11(17(23)24)7-12(21)22/h2-6,8,11H,7H2,1H3,(H,21,22)(H,23,24)(H,18,19,20). The summed E-state index contributed by atoms with van der Waals surface area (Å²) < 4.78 is 0. The number of aryl methyl sites for hydroxylation is 1. The molecule has 2 heterocycles. The lowest BCUT2D eigenvalue weighted by atomic mass is 10.0. The smallest absolute Gasteiger partial charge is 0.326 e. The van der Waals surface area contributed by atoms with Crippen molar-refractivity contribution in [2.24, 2.45) is 0 Å². The van der Waals surface area contributed by atoms with Crippen molar-refractivity contribution in [3.05, 3.63) is 41.5 Å². The number of nitrogens with one attached hydrogen (secondary N) is 1. The molecule has 128 valence electrons. The monoisotopic (exact) mass is 357 g/mol. The number of anilines is 1. The van der Waals surface area contributed by atoms with Crippen molar-refractivity contribution >= 4 is 39.3 Å². The van der Waals surface area contributed by atoms with Crippen LogP contribution in [0.4, 0.5) is 5.82 Å². The summed E-state index contributed by atoms with van der Waals surface area (Å²) in [5.74, 6) is -2.13. The molecule has 0 spiro atoms. The number of hydrogen-bond donors (Lipinski definition) is 3. The number of nitrogens with zero attached hydrogens (tertiary/aromatic N) is 2. The van der Waals surface area contributed by atoms with Gasteiger partial charge >= 0.3 is 11.9 Å². The van der Waals surface area contributed by atoms with Crippen molar-refractivity contribution in [1.82, 2.24) is 9.97 Å². The third-order valence-electron chi connectivity index (χ3n) is 3.71. The van der Waals surface area contributed by atoms with E-state index in [-0.39, 0.29) is 0 Å². The fraction of sp³-hybridized carbons (Fsp3) is 0.176. The first-order valence-corrected chi connectivity index (χ1v) is 8.29. The van der Waals surface area contributed by atoms with E-state index in [1.54, 1.807) is 0 Å². The summed E-state index contributed by atoms with van der Waals surface area (Å²) in [6, 6.07) is 8.38. The lowest BCUT2D eigenvalue weighted by Crippen LogP contribution is -2.32. The van der Waals surface area contributed by atoms with Crippen molar-refractivity contribution in [3.8, 4) is 11.1 Å². The van der Waals surface area contributed by atoms with Gasteiger partial charge in [-0.15, -0.1) is 11.3 Å². The van der Waals surface area contributed by atoms with Gasteiger partial charge in [-0.1, -0.05) is 30.3 Å². The maximum atomic E-state index is 11.4. The molecule has 1 unspecified atom stereocenters. The molecule has 0 aliphatic rings. The predicted octanol–water partition coefficient (Wildman–Crippen LogP) is 3.01. The van der Waals surface area contributed by atoms with E-state index in [4.69, 9.17) is 5.11 Å². The molecule has 0 amide bonds. The second kappa shape index (κ2) is 6.86. The number of aliphatic carboxylic acids is 2. The molecular formula is C17H15N3O4S. The number of aromatic nitrogens is 2. The highest BCUT2D eigenvalue weighted by atomic mass is 32.1. The van der Waals surface area contributed by atoms with Crippen LogP contribution in [0.1, 0.15) is 11.3 Å². The van der Waals surface area contributed by atoms with E-state index in [1.807, 2.05) is 37.3 Å². The van der Waals surface area contributed by atoms with Gasteiger partial charge < -0.3 is 15.5 Å². The molecule has 0 aliphatic heterocycles. The van der Waals surface area contributed by atoms with Crippen LogP contribution >= 0.6 is 11.3 Å². The summed E-state index contributed by atoms with van der Waals surface area (Å²) in [7, 11) is 0. The van der Waals surface area contributed by atoms with Gasteiger partial charge in [0.15, 0.2) is 0 Å². The predicted molar refractivity (Wildman–Crippen MR) is 94.9 cm³/mol. The van der Waals surface area contributed by atoms with Gasteiger partial charge in [0.25, 0.3) is 0 Å². The molecule has 1 aromatic carbocycles. The molecule has 7 nitrogen and oxygen atoms in total. The minimum atomic E-state index is -1.28. The largest absolute Gasteiger partial charge is 0.481 e. The van der Waals surface area contributed by atoms with Gasteiger partial charge in [0, 0.05) is 10.4 Å². The van der Waals surface area contributed by atoms with Crippen LogP contribution in [0.25, 0.3) is 21.3 Å². The van der Waals surface area contributed by atoms with Gasteiger partial charge in [-0.25, -0.2) is 14.8 Å². The van der Waals surface area contributed by atoms with E-state index in [0.29, 0.717) is 16.0 Å². The Morgan fingerprint density at radius 2 is 1.92 bits per heavy atom. The fourth-order valence-corrected chi connectivity index (χ4v) is 3.66. The number of carbonyl (C=O) groups is 2. The van der Waals surface area contributed by atoms with Crippen molar-refractivity contribution < 1.29 is 19.8 Å². The summed E-state index contributed by atoms with van der Waals surface area (Å²) in [4.78, 5) is 32.5. The summed E-state index contributed by atoms with van der Waals surface area (Å²) in [6.45, 7) is 1.96. The molecule has 1 atom stereocenters. The maximum Gasteiger partial charge on any atom is 0.326 e. The molecule has 3 rings (SSSR count). The van der Waals surface area contributed by atoms with Crippen LogP contribution < -0.4 is 5.32 Å². The van der Waals surface area contributed by atoms with Gasteiger partial charge in [-0.2, -0.15) is 0 Å². The lowest BCUT2D eigenvalue weighted by Gasteiger charge is -2.14. The third kappa shape index (κ3) is 3.43. The number of thiophene rings is 1. The zero-order chi connectivity index (χ0) is 18.0. The molecule has 25 heavy (non-hydrogen) atoms. The SMILES string of the molecule is Cc1sc2ncnc(NC(CC(=O)O)C(=O)O)c2c1-c1ccccc1. The van der Waals surface area contributed by atoms with Crippen molar-refractivity contribution in [1.29, 1.82) is 0 Å². The molecule has 0 bridgehead atoms. The molecule has 0 fully saturated rings. The number of carboxylic acid groups (broad SMARTS) is 2. The van der Waals surface area contributed by atoms with Crippen LogP contribution in [-0.2, 0) is 9.59 Å². The second-order valence-corrected chi connectivity index (χ2v) is 6.64. The second-order valence-electron chi connectivity index (χ2n) is 5.43. The highest BCUT2D eigenvalue weighted by Crippen LogP contribution is 2.40. The van der Waals surface area contributed by atoms with Crippen LogP contribution in [0.15, 0.2) is 36.7 Å². The van der Waals surface area contributed by atoms with Gasteiger partial charge in [-0.05, 0) is 12.5 Å². The highest BCUT2D eigenvalue weighted by Gasteiger charge is 2.24. The molecule has 3 N–H and O–H groups in total. The Bertz CT molecular complexity index is 940. The Kier molecular flexibility index (Phi) is 4.62. The molecule has 2 aromatic heterocycles. The topological polar surface area (TPSA) is 112 Å². The van der Waals surface area contributed by atoms with Crippen LogP contribution in [0.2, 0.25) is 0 Å². The zero-order valence-corrected chi connectivity index (χ0v) is 14.1. The van der Waals surface area contributed by atoms with E-state index in [2.05, 4.69) is 15.3 Å². The third-order valence-corrected chi connectivity index (χ3v) is 4.73. The molecule has 0 saturated carbocycles. The van der Waals surface area contributed by atoms with Crippen molar-refractivity contribution in [2.45, 2.75) is 19.4 Å². The average Bonchev–Trinajstić information content (AvgIpc) is 2.91. The van der Waals surface area contributed by atoms with Crippen LogP contribution in [0.3, 0.4) is 0 Å². The number of hydrogen-bond acceptors (Lipinski definition) is 6. The normalized spacial score (nSPS) is 12.0. The van der Waals surface area contributed by atoms with Crippen LogP contribution in [0.5, 0.6) is 0 Å². The van der Waals surface area contributed by atoms with Gasteiger partial charge in [0.1, 0.15) is 23.0 Å². The Hall–Kier alpha value is -3.00. The number of fused-ring (bicyclic) bond motifs is 1. The molecule has 0 radical (unpaired) electrons. The first kappa shape index (κ1) is 16.8.